The molecule has 0 unspecified atom stereocenters. The molecule has 0 aromatic carbocycles. The molecule has 0 bridgehead atoms. The van der Waals surface area contributed by atoms with Gasteiger partial charge in [-0.15, -0.1) is 0 Å². The molecule has 0 amide bonds. The van der Waals surface area contributed by atoms with Crippen LogP contribution in [0.5, 0.6) is 0 Å². The summed E-state index contributed by atoms with van der Waals surface area (Å²) >= 11 is 5.35. The van der Waals surface area contributed by atoms with Gasteiger partial charge in [-0.1, -0.05) is 0 Å². The van der Waals surface area contributed by atoms with E-state index in [2.05, 4.69) is 32.2 Å². The molecule has 0 aliphatic rings. The summed E-state index contributed by atoms with van der Waals surface area (Å²) in [6, 6.07) is 0. The molecule has 0 heterocycles. The van der Waals surface area contributed by atoms with Gasteiger partial charge < -0.3 is 20.4 Å². The van der Waals surface area contributed by atoms with Gasteiger partial charge in [0.25, 0.3) is 0 Å². The van der Waals surface area contributed by atoms with Crippen molar-refractivity contribution in [1.82, 2.24) is 10.6 Å². The third-order valence-electron chi connectivity index (χ3n) is 1.01. The summed E-state index contributed by atoms with van der Waals surface area (Å²) < 4.78 is 34.4. The van der Waals surface area contributed by atoms with Crippen molar-refractivity contribution in [3.63, 3.8) is 0 Å². The molecule has 0 saturated heterocycles. The van der Waals surface area contributed by atoms with Gasteiger partial charge in [0.2, 0.25) is 0 Å². The maximum atomic E-state index is 10.2. The largest absolute Gasteiger partial charge is 1.00 e. The zero-order valence-electron chi connectivity index (χ0n) is 9.30. The number of thiocarbonyl (C=S) groups is 1. The number of hydrogen-bond donors (Lipinski definition) is 2. The van der Waals surface area contributed by atoms with E-state index < -0.39 is 15.9 Å². The molecule has 0 aromatic rings. The van der Waals surface area contributed by atoms with E-state index in [0.717, 1.165) is 0 Å². The average molecular weight is 322 g/mol. The summed E-state index contributed by atoms with van der Waals surface area (Å²) in [4.78, 5) is 0. The minimum atomic E-state index is -4.24. The Morgan fingerprint density at radius 2 is 1.94 bits per heavy atom. The minimum Gasteiger partial charge on any atom is -0.748 e. The van der Waals surface area contributed by atoms with Crippen LogP contribution in [0.2, 0.25) is 0 Å². The van der Waals surface area contributed by atoms with Crippen molar-refractivity contribution in [2.45, 2.75) is 0 Å². The summed E-state index contributed by atoms with van der Waals surface area (Å²) in [6.07, 6.45) is 0. The monoisotopic (exact) mass is 322 g/mol. The standard InChI is InChI=1S/C4H10N2O6S3.2Na/c7-11-12-14-3-6-4(13)5-1-2-15(8,9)10;;/h7H,1-3H2,(H2,5,6,13)(H,8,9,10);;/q;2*+1/p-2. The van der Waals surface area contributed by atoms with Crippen LogP contribution >= 0.6 is 24.3 Å². The van der Waals surface area contributed by atoms with E-state index in [-0.39, 0.29) is 76.6 Å². The summed E-state index contributed by atoms with van der Waals surface area (Å²) in [5, 5.41) is 17.5. The SMILES string of the molecule is O=S(=O)([O-])CCNC(=S)NCSOO[O-].[Na+].[Na+]. The van der Waals surface area contributed by atoms with Gasteiger partial charge in [0.15, 0.2) is 5.11 Å². The van der Waals surface area contributed by atoms with E-state index in [4.69, 9.17) is 0 Å². The quantitative estimate of drug-likeness (QED) is 0.0682. The Hall–Kier alpha value is 1.83. The van der Waals surface area contributed by atoms with Gasteiger partial charge in [-0.05, 0) is 12.2 Å². The Balaban J connectivity index is -0.000000980. The molecule has 0 saturated carbocycles. The predicted octanol–water partition coefficient (Wildman–Crippen LogP) is -8.17. The second-order valence-corrected chi connectivity index (χ2v) is 4.69. The normalized spacial score (nSPS) is 9.76. The molecule has 0 atom stereocenters. The summed E-state index contributed by atoms with van der Waals surface area (Å²) in [5.74, 6) is -0.416. The molecule has 0 aliphatic carbocycles. The van der Waals surface area contributed by atoms with Crippen LogP contribution in [0.3, 0.4) is 0 Å². The molecule has 90 valence electrons. The van der Waals surface area contributed by atoms with Gasteiger partial charge in [-0.3, -0.25) is 5.04 Å². The Labute approximate surface area is 153 Å². The van der Waals surface area contributed by atoms with Gasteiger partial charge in [-0.2, -0.15) is 4.33 Å². The maximum Gasteiger partial charge on any atom is 1.00 e. The first-order chi connectivity index (χ1) is 6.95. The van der Waals surface area contributed by atoms with Gasteiger partial charge >= 0.3 is 59.1 Å². The van der Waals surface area contributed by atoms with E-state index in [1.165, 1.54) is 0 Å². The molecule has 0 aliphatic heterocycles. The van der Waals surface area contributed by atoms with Crippen molar-refractivity contribution < 1.29 is 86.7 Å². The molecule has 0 rings (SSSR count). The molecule has 0 fully saturated rings. The smallest absolute Gasteiger partial charge is 0.748 e. The zero-order chi connectivity index (χ0) is 11.7. The summed E-state index contributed by atoms with van der Waals surface area (Å²) in [7, 11) is -4.24. The molecular weight excluding hydrogens is 314 g/mol. The van der Waals surface area contributed by atoms with Gasteiger partial charge in [0.05, 0.1) is 33.8 Å². The van der Waals surface area contributed by atoms with Crippen LogP contribution in [0, 0.1) is 0 Å². The van der Waals surface area contributed by atoms with Crippen LogP contribution < -0.4 is 75.0 Å². The van der Waals surface area contributed by atoms with Gasteiger partial charge in [0, 0.05) is 6.54 Å². The third-order valence-corrected chi connectivity index (χ3v) is 2.41. The molecule has 0 spiro atoms. The van der Waals surface area contributed by atoms with Crippen molar-refractivity contribution >= 4 is 39.5 Å². The Morgan fingerprint density at radius 3 is 2.41 bits per heavy atom. The van der Waals surface area contributed by atoms with Crippen LogP contribution in [0.25, 0.3) is 0 Å². The Morgan fingerprint density at radius 1 is 1.35 bits per heavy atom. The molecule has 0 aromatic heterocycles. The van der Waals surface area contributed by atoms with Gasteiger partial charge in [0.1, 0.15) is 0 Å². The molecule has 8 nitrogen and oxygen atoms in total. The van der Waals surface area contributed by atoms with Crippen LogP contribution in [0.1, 0.15) is 0 Å². The topological polar surface area (TPSA) is 123 Å². The Bertz CT molecular complexity index is 289. The van der Waals surface area contributed by atoms with Crippen molar-refractivity contribution in [1.29, 1.82) is 0 Å². The molecular formula is C4H8N2Na2O6S3. The second kappa shape index (κ2) is 14.2. The van der Waals surface area contributed by atoms with Crippen molar-refractivity contribution in [2.24, 2.45) is 0 Å². The molecule has 0 radical (unpaired) electrons. The Kier molecular flexibility index (Phi) is 20.0. The van der Waals surface area contributed by atoms with E-state index in [1.807, 2.05) is 0 Å². The van der Waals surface area contributed by atoms with E-state index in [1.54, 1.807) is 0 Å². The summed E-state index contributed by atoms with van der Waals surface area (Å²) in [6.45, 7) is -0.0821. The third kappa shape index (κ3) is 20.3. The number of nitrogens with one attached hydrogen (secondary N) is 2. The van der Waals surface area contributed by atoms with Crippen molar-refractivity contribution in [2.75, 3.05) is 18.2 Å². The molecule has 2 N–H and O–H groups in total. The fourth-order valence-electron chi connectivity index (χ4n) is 0.491. The van der Waals surface area contributed by atoms with Crippen molar-refractivity contribution in [3.8, 4) is 0 Å². The number of hydrogen-bond acceptors (Lipinski definition) is 8. The van der Waals surface area contributed by atoms with E-state index >= 15 is 0 Å². The average Bonchev–Trinajstić information content (AvgIpc) is 2.10. The first-order valence-corrected chi connectivity index (χ1v) is 6.38. The maximum absolute atomic E-state index is 10.2. The van der Waals surface area contributed by atoms with Crippen LogP contribution in [-0.4, -0.2) is 36.3 Å². The van der Waals surface area contributed by atoms with E-state index in [0.29, 0.717) is 12.0 Å². The minimum absolute atomic E-state index is 0. The molecule has 13 heteroatoms. The fourth-order valence-corrected chi connectivity index (χ4v) is 1.40. The fraction of sp³-hybridized carbons (Fsp3) is 0.750. The van der Waals surface area contributed by atoms with Crippen LogP contribution in [0.15, 0.2) is 0 Å². The first-order valence-electron chi connectivity index (χ1n) is 3.49. The predicted molar refractivity (Wildman–Crippen MR) is 52.9 cm³/mol. The van der Waals surface area contributed by atoms with Crippen LogP contribution in [0.4, 0.5) is 0 Å². The second-order valence-electron chi connectivity index (χ2n) is 2.09. The zero-order valence-corrected chi connectivity index (χ0v) is 15.7. The first kappa shape index (κ1) is 23.9. The van der Waals surface area contributed by atoms with E-state index in [9.17, 15) is 18.2 Å². The van der Waals surface area contributed by atoms with Crippen LogP contribution in [-0.2, 0) is 19.5 Å². The molecule has 17 heavy (non-hydrogen) atoms. The van der Waals surface area contributed by atoms with Gasteiger partial charge in [-0.25, -0.2) is 8.42 Å². The number of rotatable bonds is 7. The summed E-state index contributed by atoms with van der Waals surface area (Å²) in [5.41, 5.74) is 0. The van der Waals surface area contributed by atoms with Crippen molar-refractivity contribution in [3.05, 3.63) is 0 Å².